The SMILES string of the molecule is FC(F)CNc1ncc[nH]1. The highest BCUT2D eigenvalue weighted by Crippen LogP contribution is 1.97. The van der Waals surface area contributed by atoms with Crippen LogP contribution < -0.4 is 5.32 Å². The number of imidazole rings is 1. The van der Waals surface area contributed by atoms with E-state index >= 15 is 0 Å². The zero-order valence-corrected chi connectivity index (χ0v) is 5.14. The molecule has 0 saturated heterocycles. The zero-order chi connectivity index (χ0) is 7.40. The molecule has 0 fully saturated rings. The van der Waals surface area contributed by atoms with Gasteiger partial charge in [0.2, 0.25) is 0 Å². The summed E-state index contributed by atoms with van der Waals surface area (Å²) in [5.41, 5.74) is 0. The van der Waals surface area contributed by atoms with Crippen LogP contribution >= 0.6 is 0 Å². The maximum absolute atomic E-state index is 11.5. The van der Waals surface area contributed by atoms with Crippen LogP contribution in [-0.4, -0.2) is 22.9 Å². The van der Waals surface area contributed by atoms with Crippen molar-refractivity contribution in [3.63, 3.8) is 0 Å². The first-order chi connectivity index (χ1) is 4.79. The molecule has 2 N–H and O–H groups in total. The van der Waals surface area contributed by atoms with Crippen LogP contribution in [0.5, 0.6) is 0 Å². The minimum Gasteiger partial charge on any atom is -0.350 e. The lowest BCUT2D eigenvalue weighted by Crippen LogP contribution is -2.10. The largest absolute Gasteiger partial charge is 0.350 e. The summed E-state index contributed by atoms with van der Waals surface area (Å²) < 4.78 is 23.0. The van der Waals surface area contributed by atoms with E-state index in [-0.39, 0.29) is 6.54 Å². The van der Waals surface area contributed by atoms with Gasteiger partial charge in [0.15, 0.2) is 5.95 Å². The van der Waals surface area contributed by atoms with Crippen molar-refractivity contribution >= 4 is 5.95 Å². The van der Waals surface area contributed by atoms with Gasteiger partial charge in [0.25, 0.3) is 6.43 Å². The fourth-order valence-electron chi connectivity index (χ4n) is 0.536. The first-order valence-corrected chi connectivity index (χ1v) is 2.80. The molecule has 0 aliphatic rings. The number of anilines is 1. The number of aromatic amines is 1. The van der Waals surface area contributed by atoms with Crippen LogP contribution in [0.4, 0.5) is 14.7 Å². The molecule has 0 unspecified atom stereocenters. The maximum atomic E-state index is 11.5. The Kier molecular flexibility index (Phi) is 2.20. The summed E-state index contributed by atoms with van der Waals surface area (Å²) in [4.78, 5) is 6.33. The number of aromatic nitrogens is 2. The average Bonchev–Trinajstić information content (AvgIpc) is 2.34. The van der Waals surface area contributed by atoms with Crippen LogP contribution in [0.2, 0.25) is 0 Å². The van der Waals surface area contributed by atoms with E-state index < -0.39 is 6.43 Å². The van der Waals surface area contributed by atoms with Gasteiger partial charge in [-0.05, 0) is 0 Å². The van der Waals surface area contributed by atoms with Gasteiger partial charge in [-0.25, -0.2) is 13.8 Å². The van der Waals surface area contributed by atoms with Crippen molar-refractivity contribution in [1.29, 1.82) is 0 Å². The number of nitrogens with one attached hydrogen (secondary N) is 2. The van der Waals surface area contributed by atoms with Gasteiger partial charge in [-0.3, -0.25) is 0 Å². The number of hydrogen-bond donors (Lipinski definition) is 2. The summed E-state index contributed by atoms with van der Waals surface area (Å²) in [5.74, 6) is 0.375. The number of nitrogens with zero attached hydrogens (tertiary/aromatic N) is 1. The Bertz CT molecular complexity index is 173. The first-order valence-electron chi connectivity index (χ1n) is 2.80. The predicted molar refractivity (Wildman–Crippen MR) is 33.1 cm³/mol. The van der Waals surface area contributed by atoms with Crippen molar-refractivity contribution in [3.05, 3.63) is 12.4 Å². The van der Waals surface area contributed by atoms with E-state index in [1.54, 1.807) is 6.20 Å². The molecule has 0 aliphatic carbocycles. The summed E-state index contributed by atoms with van der Waals surface area (Å²) >= 11 is 0. The summed E-state index contributed by atoms with van der Waals surface area (Å²) in [6.07, 6.45) is 0.715. The number of halogens is 2. The lowest BCUT2D eigenvalue weighted by molar-refractivity contribution is 0.163. The summed E-state index contributed by atoms with van der Waals surface area (Å²) in [6, 6.07) is 0. The Labute approximate surface area is 56.5 Å². The molecule has 0 amide bonds. The molecular weight excluding hydrogens is 140 g/mol. The molecular formula is C5H7F2N3. The third-order valence-corrected chi connectivity index (χ3v) is 0.922. The van der Waals surface area contributed by atoms with Gasteiger partial charge in [-0.15, -0.1) is 0 Å². The predicted octanol–water partition coefficient (Wildman–Crippen LogP) is 1.09. The molecule has 0 saturated carbocycles. The van der Waals surface area contributed by atoms with Crippen LogP contribution in [-0.2, 0) is 0 Å². The summed E-state index contributed by atoms with van der Waals surface area (Å²) in [6.45, 7) is -0.368. The zero-order valence-electron chi connectivity index (χ0n) is 5.14. The van der Waals surface area contributed by atoms with Gasteiger partial charge in [-0.2, -0.15) is 0 Å². The van der Waals surface area contributed by atoms with Crippen LogP contribution in [0.15, 0.2) is 12.4 Å². The van der Waals surface area contributed by atoms with Crippen LogP contribution in [0.1, 0.15) is 0 Å². The average molecular weight is 147 g/mol. The Morgan fingerprint density at radius 3 is 3.00 bits per heavy atom. The van der Waals surface area contributed by atoms with Crippen molar-refractivity contribution in [3.8, 4) is 0 Å². The van der Waals surface area contributed by atoms with Gasteiger partial charge in [0, 0.05) is 12.4 Å². The van der Waals surface area contributed by atoms with Crippen LogP contribution in [0.25, 0.3) is 0 Å². The van der Waals surface area contributed by atoms with Gasteiger partial charge in [0.05, 0.1) is 6.54 Å². The number of hydrogen-bond acceptors (Lipinski definition) is 2. The van der Waals surface area contributed by atoms with E-state index in [0.29, 0.717) is 5.95 Å². The minimum absolute atomic E-state index is 0.368. The van der Waals surface area contributed by atoms with Gasteiger partial charge >= 0.3 is 0 Å². The molecule has 0 aromatic carbocycles. The number of alkyl halides is 2. The van der Waals surface area contributed by atoms with E-state index in [1.807, 2.05) is 0 Å². The number of rotatable bonds is 3. The Morgan fingerprint density at radius 2 is 2.50 bits per heavy atom. The standard InChI is InChI=1S/C5H7F2N3/c6-4(7)3-10-5-8-1-2-9-5/h1-2,4H,3H2,(H2,8,9,10). The van der Waals surface area contributed by atoms with Crippen LogP contribution in [0.3, 0.4) is 0 Å². The Hall–Kier alpha value is -1.13. The fourth-order valence-corrected chi connectivity index (χ4v) is 0.536. The highest BCUT2D eigenvalue weighted by atomic mass is 19.3. The van der Waals surface area contributed by atoms with E-state index in [0.717, 1.165) is 0 Å². The molecule has 0 spiro atoms. The highest BCUT2D eigenvalue weighted by molar-refractivity contribution is 5.22. The molecule has 0 radical (unpaired) electrons. The van der Waals surface area contributed by atoms with Crippen molar-refractivity contribution in [2.45, 2.75) is 6.43 Å². The quantitative estimate of drug-likeness (QED) is 0.671. The minimum atomic E-state index is -2.34. The Morgan fingerprint density at radius 1 is 1.70 bits per heavy atom. The second-order valence-electron chi connectivity index (χ2n) is 1.71. The van der Waals surface area contributed by atoms with E-state index in [4.69, 9.17) is 0 Å². The lowest BCUT2D eigenvalue weighted by atomic mass is 10.7. The smallest absolute Gasteiger partial charge is 0.255 e. The molecule has 56 valence electrons. The molecule has 1 heterocycles. The lowest BCUT2D eigenvalue weighted by Gasteiger charge is -1.99. The van der Waals surface area contributed by atoms with Gasteiger partial charge in [-0.1, -0.05) is 0 Å². The summed E-state index contributed by atoms with van der Waals surface area (Å²) in [7, 11) is 0. The van der Waals surface area contributed by atoms with Crippen LogP contribution in [0, 0.1) is 0 Å². The topological polar surface area (TPSA) is 40.7 Å². The highest BCUT2D eigenvalue weighted by Gasteiger charge is 2.01. The molecule has 1 aromatic rings. The normalized spacial score (nSPS) is 10.3. The molecule has 10 heavy (non-hydrogen) atoms. The van der Waals surface area contributed by atoms with E-state index in [2.05, 4.69) is 15.3 Å². The van der Waals surface area contributed by atoms with Crippen molar-refractivity contribution in [1.82, 2.24) is 9.97 Å². The first kappa shape index (κ1) is 6.98. The monoisotopic (exact) mass is 147 g/mol. The molecule has 0 aliphatic heterocycles. The summed E-state index contributed by atoms with van der Waals surface area (Å²) in [5, 5.41) is 2.41. The second-order valence-corrected chi connectivity index (χ2v) is 1.71. The van der Waals surface area contributed by atoms with Crippen molar-refractivity contribution < 1.29 is 8.78 Å². The second kappa shape index (κ2) is 3.14. The molecule has 0 atom stereocenters. The molecule has 0 bridgehead atoms. The van der Waals surface area contributed by atoms with Gasteiger partial charge < -0.3 is 10.3 Å². The van der Waals surface area contributed by atoms with E-state index in [1.165, 1.54) is 6.20 Å². The fraction of sp³-hybridized carbons (Fsp3) is 0.400. The van der Waals surface area contributed by atoms with Gasteiger partial charge in [0.1, 0.15) is 0 Å². The molecule has 1 rings (SSSR count). The third-order valence-electron chi connectivity index (χ3n) is 0.922. The molecule has 3 nitrogen and oxygen atoms in total. The van der Waals surface area contributed by atoms with Crippen molar-refractivity contribution in [2.75, 3.05) is 11.9 Å². The number of H-pyrrole nitrogens is 1. The maximum Gasteiger partial charge on any atom is 0.255 e. The third kappa shape index (κ3) is 2.00. The Balaban J connectivity index is 2.28. The van der Waals surface area contributed by atoms with E-state index in [9.17, 15) is 8.78 Å². The van der Waals surface area contributed by atoms with Crippen molar-refractivity contribution in [2.24, 2.45) is 0 Å². The molecule has 1 aromatic heterocycles. The molecule has 5 heteroatoms.